The third-order valence-corrected chi connectivity index (χ3v) is 3.83. The molecule has 2 heterocycles. The zero-order chi connectivity index (χ0) is 12.4. The Balaban J connectivity index is 1.61. The summed E-state index contributed by atoms with van der Waals surface area (Å²) < 4.78 is 10.5. The van der Waals surface area contributed by atoms with Gasteiger partial charge in [0.15, 0.2) is 17.3 Å². The molecule has 1 aromatic rings. The summed E-state index contributed by atoms with van der Waals surface area (Å²) in [4.78, 5) is 12.0. The molecule has 3 N–H and O–H groups in total. The van der Waals surface area contributed by atoms with Crippen molar-refractivity contribution in [3.8, 4) is 11.5 Å². The molecule has 0 radical (unpaired) electrons. The van der Waals surface area contributed by atoms with Gasteiger partial charge in [-0.3, -0.25) is 4.79 Å². The number of ether oxygens (including phenoxy) is 2. The summed E-state index contributed by atoms with van der Waals surface area (Å²) in [5.74, 6) is 1.87. The number of rotatable bonds is 4. The van der Waals surface area contributed by atoms with Gasteiger partial charge in [-0.2, -0.15) is 5.53 Å². The van der Waals surface area contributed by atoms with Gasteiger partial charge in [0.2, 0.25) is 6.79 Å². The first-order chi connectivity index (χ1) is 8.83. The van der Waals surface area contributed by atoms with Gasteiger partial charge in [-0.25, -0.2) is 10.9 Å². The number of hydrogen-bond acceptors (Lipinski definition) is 7. The summed E-state index contributed by atoms with van der Waals surface area (Å²) in [6.07, 6.45) is 0. The van der Waals surface area contributed by atoms with Gasteiger partial charge in [0, 0.05) is 12.1 Å². The number of carbonyl (C=O) groups is 1. The predicted molar refractivity (Wildman–Crippen MR) is 67.4 cm³/mol. The number of nitrogens with one attached hydrogen (secondary N) is 3. The molecule has 0 aromatic heterocycles. The predicted octanol–water partition coefficient (Wildman–Crippen LogP) is 0.270. The largest absolute Gasteiger partial charge is 0.454 e. The molecule has 0 aliphatic carbocycles. The molecule has 96 valence electrons. The van der Waals surface area contributed by atoms with Crippen molar-refractivity contribution < 1.29 is 14.3 Å². The minimum absolute atomic E-state index is 0.0898. The van der Waals surface area contributed by atoms with Crippen molar-refractivity contribution in [1.29, 1.82) is 0 Å². The van der Waals surface area contributed by atoms with Crippen molar-refractivity contribution in [3.05, 3.63) is 23.8 Å². The Kier molecular flexibility index (Phi) is 3.37. The maximum atomic E-state index is 12.0. The third-order valence-electron chi connectivity index (χ3n) is 2.72. The number of fused-ring (bicyclic) bond motifs is 1. The zero-order valence-corrected chi connectivity index (χ0v) is 10.4. The molecular weight excluding hydrogens is 254 g/mol. The zero-order valence-electron chi connectivity index (χ0n) is 9.56. The second-order valence-corrected chi connectivity index (χ2v) is 5.13. The number of ketones is 1. The molecule has 1 aromatic carbocycles. The van der Waals surface area contributed by atoms with E-state index >= 15 is 0 Å². The quantitative estimate of drug-likeness (QED) is 0.676. The summed E-state index contributed by atoms with van der Waals surface area (Å²) in [5.41, 5.74) is 9.41. The molecular formula is C11H13N3O3S. The second kappa shape index (κ2) is 5.15. The molecule has 18 heavy (non-hydrogen) atoms. The summed E-state index contributed by atoms with van der Waals surface area (Å²) in [7, 11) is 0. The maximum Gasteiger partial charge on any atom is 0.231 e. The molecule has 0 spiro atoms. The van der Waals surface area contributed by atoms with E-state index in [1.807, 2.05) is 0 Å². The highest BCUT2D eigenvalue weighted by atomic mass is 32.2. The van der Waals surface area contributed by atoms with Crippen LogP contribution in [-0.4, -0.2) is 30.2 Å². The molecule has 7 heteroatoms. The Morgan fingerprint density at radius 3 is 3.11 bits per heavy atom. The molecule has 1 atom stereocenters. The van der Waals surface area contributed by atoms with Gasteiger partial charge in [-0.05, 0) is 18.2 Å². The van der Waals surface area contributed by atoms with Crippen molar-refractivity contribution in [2.24, 2.45) is 0 Å². The van der Waals surface area contributed by atoms with Gasteiger partial charge in [-0.15, -0.1) is 11.8 Å². The molecule has 1 fully saturated rings. The molecule has 2 aliphatic heterocycles. The van der Waals surface area contributed by atoms with Crippen LogP contribution in [0.1, 0.15) is 10.4 Å². The van der Waals surface area contributed by atoms with E-state index in [1.165, 1.54) is 0 Å². The highest BCUT2D eigenvalue weighted by Crippen LogP contribution is 2.32. The van der Waals surface area contributed by atoms with Crippen molar-refractivity contribution >= 4 is 17.5 Å². The minimum atomic E-state index is 0.0898. The fourth-order valence-corrected chi connectivity index (χ4v) is 2.62. The molecule has 0 saturated carbocycles. The van der Waals surface area contributed by atoms with Crippen LogP contribution in [0.2, 0.25) is 0 Å². The standard InChI is InChI=1S/C11H13N3O3S/c15-8(5-18-11-4-12-14-13-11)7-1-2-9-10(3-7)17-6-16-9/h1-3,11-14H,4-6H2. The van der Waals surface area contributed by atoms with Crippen molar-refractivity contribution in [1.82, 2.24) is 16.4 Å². The number of Topliss-reactive ketones (excluding diaryl/α,β-unsaturated/α-hetero) is 1. The van der Waals surface area contributed by atoms with Crippen LogP contribution in [0.5, 0.6) is 11.5 Å². The fraction of sp³-hybridized carbons (Fsp3) is 0.364. The van der Waals surface area contributed by atoms with E-state index in [0.717, 1.165) is 6.54 Å². The highest BCUT2D eigenvalue weighted by Gasteiger charge is 2.18. The summed E-state index contributed by atoms with van der Waals surface area (Å²) in [5, 5.41) is 0.211. The highest BCUT2D eigenvalue weighted by molar-refractivity contribution is 8.00. The molecule has 2 aliphatic rings. The molecule has 1 saturated heterocycles. The van der Waals surface area contributed by atoms with E-state index in [-0.39, 0.29) is 18.0 Å². The van der Waals surface area contributed by atoms with Crippen LogP contribution in [0.15, 0.2) is 18.2 Å². The topological polar surface area (TPSA) is 71.6 Å². The average molecular weight is 267 g/mol. The van der Waals surface area contributed by atoms with Crippen LogP contribution in [0.25, 0.3) is 0 Å². The summed E-state index contributed by atoms with van der Waals surface area (Å²) in [6, 6.07) is 5.29. The summed E-state index contributed by atoms with van der Waals surface area (Å²) >= 11 is 1.56. The van der Waals surface area contributed by atoms with Gasteiger partial charge in [0.25, 0.3) is 0 Å². The average Bonchev–Trinajstić information content (AvgIpc) is 3.05. The Labute approximate surface area is 108 Å². The van der Waals surface area contributed by atoms with Gasteiger partial charge in [-0.1, -0.05) is 0 Å². The lowest BCUT2D eigenvalue weighted by atomic mass is 10.1. The van der Waals surface area contributed by atoms with Crippen LogP contribution in [0.4, 0.5) is 0 Å². The summed E-state index contributed by atoms with van der Waals surface area (Å²) in [6.45, 7) is 1.02. The number of thioether (sulfide) groups is 1. The third kappa shape index (κ3) is 2.44. The smallest absolute Gasteiger partial charge is 0.231 e. The number of benzene rings is 1. The molecule has 0 bridgehead atoms. The molecule has 0 amide bonds. The van der Waals surface area contributed by atoms with Crippen LogP contribution < -0.4 is 25.9 Å². The number of hydrazine groups is 2. The van der Waals surface area contributed by atoms with Crippen molar-refractivity contribution in [3.63, 3.8) is 0 Å². The van der Waals surface area contributed by atoms with Crippen LogP contribution in [-0.2, 0) is 0 Å². The Morgan fingerprint density at radius 2 is 2.28 bits per heavy atom. The first kappa shape index (κ1) is 11.8. The number of carbonyl (C=O) groups excluding carboxylic acids is 1. The molecule has 3 rings (SSSR count). The van der Waals surface area contributed by atoms with E-state index in [0.29, 0.717) is 22.8 Å². The van der Waals surface area contributed by atoms with Crippen LogP contribution in [0.3, 0.4) is 0 Å². The molecule has 1 unspecified atom stereocenters. The van der Waals surface area contributed by atoms with Gasteiger partial charge < -0.3 is 9.47 Å². The second-order valence-electron chi connectivity index (χ2n) is 3.94. The lowest BCUT2D eigenvalue weighted by Crippen LogP contribution is -2.32. The Morgan fingerprint density at radius 1 is 1.39 bits per heavy atom. The first-order valence-corrected chi connectivity index (χ1v) is 6.65. The van der Waals surface area contributed by atoms with E-state index in [2.05, 4.69) is 16.4 Å². The first-order valence-electron chi connectivity index (χ1n) is 5.61. The van der Waals surface area contributed by atoms with Crippen LogP contribution >= 0.6 is 11.8 Å². The van der Waals surface area contributed by atoms with E-state index in [9.17, 15) is 4.79 Å². The van der Waals surface area contributed by atoms with Gasteiger partial charge >= 0.3 is 0 Å². The van der Waals surface area contributed by atoms with Crippen molar-refractivity contribution in [2.45, 2.75) is 5.37 Å². The van der Waals surface area contributed by atoms with E-state index < -0.39 is 0 Å². The van der Waals surface area contributed by atoms with Gasteiger partial charge in [0.1, 0.15) is 0 Å². The van der Waals surface area contributed by atoms with Crippen molar-refractivity contribution in [2.75, 3.05) is 19.1 Å². The minimum Gasteiger partial charge on any atom is -0.454 e. The monoisotopic (exact) mass is 267 g/mol. The number of hydrogen-bond donors (Lipinski definition) is 3. The van der Waals surface area contributed by atoms with E-state index in [4.69, 9.17) is 9.47 Å². The van der Waals surface area contributed by atoms with Gasteiger partial charge in [0.05, 0.1) is 11.1 Å². The van der Waals surface area contributed by atoms with Crippen LogP contribution in [0, 0.1) is 0 Å². The maximum absolute atomic E-state index is 12.0. The molecule has 6 nitrogen and oxygen atoms in total. The Bertz CT molecular complexity index is 463. The normalized spacial score (nSPS) is 21.2. The lowest BCUT2D eigenvalue weighted by Gasteiger charge is -2.07. The fourth-order valence-electron chi connectivity index (χ4n) is 1.76. The van der Waals surface area contributed by atoms with E-state index in [1.54, 1.807) is 30.0 Å². The Hall–Kier alpha value is -1.28. The lowest BCUT2D eigenvalue weighted by molar-refractivity contribution is 0.102. The SMILES string of the molecule is O=C(CSC1CNNN1)c1ccc2c(c1)OCO2.